The zero-order valence-electron chi connectivity index (χ0n) is 49.5. The van der Waals surface area contributed by atoms with E-state index in [-0.39, 0.29) is 0 Å². The van der Waals surface area contributed by atoms with Crippen molar-refractivity contribution >= 4 is 152 Å². The number of nitriles is 1. The Kier molecular flexibility index (Phi) is 10.4. The maximum absolute atomic E-state index is 15.9. The molecule has 0 aliphatic carbocycles. The topological polar surface area (TPSA) is 48.4 Å². The van der Waals surface area contributed by atoms with Crippen LogP contribution in [-0.2, 0) is 6.18 Å². The third-order valence-electron chi connectivity index (χ3n) is 19.9. The van der Waals surface area contributed by atoms with E-state index in [9.17, 15) is 5.26 Å². The number of alkyl halides is 3. The van der Waals surface area contributed by atoms with E-state index >= 15 is 13.2 Å². The summed E-state index contributed by atoms with van der Waals surface area (Å²) in [6.45, 7) is 0. The molecule has 15 aromatic carbocycles. The summed E-state index contributed by atoms with van der Waals surface area (Å²) >= 11 is 0. The summed E-state index contributed by atoms with van der Waals surface area (Å²) in [4.78, 5) is 0. The van der Waals surface area contributed by atoms with Crippen LogP contribution in [0.25, 0.3) is 181 Å². The van der Waals surface area contributed by atoms with Gasteiger partial charge in [-0.1, -0.05) is 218 Å². The van der Waals surface area contributed by atoms with E-state index in [4.69, 9.17) is 0 Å². The molecule has 0 amide bonds. The standard InChI is InChI=1S/C84H47F3N6/c85-84(86,87)53-41-42-59-58-27-9-14-32-65(58)93(74(59)47-53)82-80(90-67-34-16-11-29-61(67)76-55-24-6-2-20-50(55)38-44-71(76)90)64(48-88)79(89-66-33-15-10-28-60(66)75-54-23-5-1-19-49(54)37-43-70(75)89)81(91-68-35-17-12-30-62(68)77-56-25-7-3-21-51(56)39-45-72(77)91)83(82)92-69-36-18-13-31-63(69)78-57-26-8-4-22-52(57)40-46-73(78)92/h1-47H. The second-order valence-electron chi connectivity index (χ2n) is 24.4. The molecule has 0 spiro atoms. The van der Waals surface area contributed by atoms with Crippen LogP contribution in [0.15, 0.2) is 285 Å². The lowest BCUT2D eigenvalue weighted by Gasteiger charge is -2.30. The average Bonchev–Trinajstić information content (AvgIpc) is 1.55. The number of aromatic nitrogens is 5. The van der Waals surface area contributed by atoms with E-state index in [1.807, 2.05) is 30.3 Å². The zero-order chi connectivity index (χ0) is 61.5. The number of halogens is 3. The second-order valence-corrected chi connectivity index (χ2v) is 24.4. The molecule has 0 saturated carbocycles. The highest BCUT2D eigenvalue weighted by atomic mass is 19.4. The molecule has 0 saturated heterocycles. The molecule has 9 heteroatoms. The predicted octanol–water partition coefficient (Wildman–Crippen LogP) is 22.7. The van der Waals surface area contributed by atoms with Crippen molar-refractivity contribution in [2.75, 3.05) is 0 Å². The number of rotatable bonds is 5. The van der Waals surface area contributed by atoms with Gasteiger partial charge in [0.25, 0.3) is 0 Å². The Labute approximate surface area is 527 Å². The Hall–Kier alpha value is -12.4. The van der Waals surface area contributed by atoms with Crippen molar-refractivity contribution in [2.24, 2.45) is 0 Å². The number of hydrogen-bond donors (Lipinski definition) is 0. The van der Waals surface area contributed by atoms with E-state index in [0.717, 1.165) is 136 Å². The molecule has 20 rings (SSSR count). The van der Waals surface area contributed by atoms with Crippen molar-refractivity contribution in [3.8, 4) is 34.5 Å². The van der Waals surface area contributed by atoms with Gasteiger partial charge in [-0.3, -0.25) is 0 Å². The van der Waals surface area contributed by atoms with Crippen LogP contribution in [0.5, 0.6) is 0 Å². The molecule has 0 N–H and O–H groups in total. The van der Waals surface area contributed by atoms with E-state index < -0.39 is 11.7 Å². The summed E-state index contributed by atoms with van der Waals surface area (Å²) in [7, 11) is 0. The monoisotopic (exact) mass is 1200 g/mol. The highest BCUT2D eigenvalue weighted by molar-refractivity contribution is 6.27. The first-order valence-electron chi connectivity index (χ1n) is 31.2. The van der Waals surface area contributed by atoms with Crippen molar-refractivity contribution in [3.05, 3.63) is 296 Å². The highest BCUT2D eigenvalue weighted by Gasteiger charge is 2.38. The van der Waals surface area contributed by atoms with E-state index in [0.29, 0.717) is 50.4 Å². The van der Waals surface area contributed by atoms with Crippen molar-refractivity contribution in [2.45, 2.75) is 6.18 Å². The Bertz CT molecular complexity index is 6760. The second kappa shape index (κ2) is 18.8. The van der Waals surface area contributed by atoms with E-state index in [1.54, 1.807) is 6.07 Å². The van der Waals surface area contributed by atoms with Gasteiger partial charge in [-0.2, -0.15) is 18.4 Å². The molecular weight excluding hydrogens is 1150 g/mol. The Morgan fingerprint density at radius 2 is 0.495 bits per heavy atom. The summed E-state index contributed by atoms with van der Waals surface area (Å²) in [5, 5.41) is 31.2. The van der Waals surface area contributed by atoms with E-state index in [1.165, 1.54) is 12.1 Å². The predicted molar refractivity (Wildman–Crippen MR) is 378 cm³/mol. The number of fused-ring (bicyclic) bond motifs is 23. The Morgan fingerprint density at radius 1 is 0.237 bits per heavy atom. The van der Waals surface area contributed by atoms with Gasteiger partial charge in [-0.15, -0.1) is 0 Å². The maximum atomic E-state index is 15.9. The van der Waals surface area contributed by atoms with Crippen LogP contribution in [0.4, 0.5) is 13.2 Å². The molecule has 0 atom stereocenters. The van der Waals surface area contributed by atoms with Gasteiger partial charge < -0.3 is 22.8 Å². The van der Waals surface area contributed by atoms with Gasteiger partial charge in [0, 0.05) is 53.9 Å². The van der Waals surface area contributed by atoms with Gasteiger partial charge in [0.05, 0.1) is 89.2 Å². The van der Waals surface area contributed by atoms with Crippen LogP contribution < -0.4 is 0 Å². The minimum atomic E-state index is -4.72. The first-order chi connectivity index (χ1) is 45.8. The molecule has 5 aromatic heterocycles. The number of hydrogen-bond acceptors (Lipinski definition) is 1. The van der Waals surface area contributed by atoms with Crippen LogP contribution in [0.3, 0.4) is 0 Å². The smallest absolute Gasteiger partial charge is 0.306 e. The van der Waals surface area contributed by atoms with Gasteiger partial charge >= 0.3 is 6.18 Å². The Morgan fingerprint density at radius 3 is 0.828 bits per heavy atom. The fourth-order valence-corrected chi connectivity index (χ4v) is 16.2. The molecule has 20 aromatic rings. The minimum absolute atomic E-state index is 0.297. The van der Waals surface area contributed by atoms with E-state index in [2.05, 4.69) is 265 Å². The molecule has 93 heavy (non-hydrogen) atoms. The summed E-state index contributed by atoms with van der Waals surface area (Å²) in [6.07, 6.45) is -4.72. The van der Waals surface area contributed by atoms with Gasteiger partial charge in [0.15, 0.2) is 0 Å². The van der Waals surface area contributed by atoms with Gasteiger partial charge in [0.2, 0.25) is 0 Å². The summed E-state index contributed by atoms with van der Waals surface area (Å²) in [5.74, 6) is 0. The zero-order valence-corrected chi connectivity index (χ0v) is 49.5. The molecule has 0 aliphatic rings. The molecule has 0 fully saturated rings. The third kappa shape index (κ3) is 6.90. The highest BCUT2D eigenvalue weighted by Crippen LogP contribution is 2.54. The van der Waals surface area contributed by atoms with Crippen molar-refractivity contribution < 1.29 is 13.2 Å². The number of benzene rings is 15. The molecule has 0 aliphatic heterocycles. The number of para-hydroxylation sites is 5. The molecule has 434 valence electrons. The van der Waals surface area contributed by atoms with Crippen LogP contribution in [0, 0.1) is 11.3 Å². The average molecular weight is 1200 g/mol. The third-order valence-corrected chi connectivity index (χ3v) is 19.9. The molecule has 6 nitrogen and oxygen atoms in total. The summed E-state index contributed by atoms with van der Waals surface area (Å²) in [5.41, 5.74) is 10.2. The molecule has 0 unspecified atom stereocenters. The van der Waals surface area contributed by atoms with Crippen molar-refractivity contribution in [1.82, 2.24) is 22.8 Å². The van der Waals surface area contributed by atoms with Crippen LogP contribution in [0.1, 0.15) is 11.1 Å². The Balaban J connectivity index is 1.17. The van der Waals surface area contributed by atoms with Crippen molar-refractivity contribution in [3.63, 3.8) is 0 Å². The quantitative estimate of drug-likeness (QED) is 0.169. The SMILES string of the molecule is N#Cc1c(-n2c3ccccc3c3c4ccccc4ccc32)c(-n2c3ccccc3c3ccc(C(F)(F)F)cc32)c(-n2c3ccccc3c3c4ccccc4ccc32)c(-n2c3ccccc3c3c4ccccc4ccc32)c1-n1c2ccccc2c2c3ccccc3ccc21. The van der Waals surface area contributed by atoms with Crippen LogP contribution in [-0.4, -0.2) is 22.8 Å². The molecule has 5 heterocycles. The minimum Gasteiger partial charge on any atom is -0.306 e. The molecular formula is C84H47F3N6. The first-order valence-corrected chi connectivity index (χ1v) is 31.2. The molecule has 0 radical (unpaired) electrons. The maximum Gasteiger partial charge on any atom is 0.416 e. The summed E-state index contributed by atoms with van der Waals surface area (Å²) < 4.78 is 59.2. The van der Waals surface area contributed by atoms with Gasteiger partial charge in [0.1, 0.15) is 11.6 Å². The first kappa shape index (κ1) is 51.5. The lowest BCUT2D eigenvalue weighted by atomic mass is 10.0. The van der Waals surface area contributed by atoms with Gasteiger partial charge in [-0.05, 0) is 110 Å². The fraction of sp³-hybridized carbons (Fsp3) is 0.0119. The lowest BCUT2D eigenvalue weighted by Crippen LogP contribution is -2.19. The molecule has 0 bridgehead atoms. The lowest BCUT2D eigenvalue weighted by molar-refractivity contribution is -0.137. The number of nitrogens with zero attached hydrogens (tertiary/aromatic N) is 6. The van der Waals surface area contributed by atoms with Crippen LogP contribution >= 0.6 is 0 Å². The largest absolute Gasteiger partial charge is 0.416 e. The fourth-order valence-electron chi connectivity index (χ4n) is 16.2. The van der Waals surface area contributed by atoms with Crippen molar-refractivity contribution in [1.29, 1.82) is 5.26 Å². The normalized spacial score (nSPS) is 12.5. The summed E-state index contributed by atoms with van der Waals surface area (Å²) in [6, 6.07) is 100. The van der Waals surface area contributed by atoms with Crippen LogP contribution in [0.2, 0.25) is 0 Å². The van der Waals surface area contributed by atoms with Gasteiger partial charge in [-0.25, -0.2) is 0 Å².